The highest BCUT2D eigenvalue weighted by atomic mass is 16.3. The first-order valence-corrected chi connectivity index (χ1v) is 5.91. The van der Waals surface area contributed by atoms with Gasteiger partial charge < -0.3 is 10.2 Å². The van der Waals surface area contributed by atoms with Crippen LogP contribution in [0.4, 0.5) is 0 Å². The Morgan fingerprint density at radius 3 is 2.32 bits per heavy atom. The summed E-state index contributed by atoms with van der Waals surface area (Å²) in [6.45, 7) is 3.60. The summed E-state index contributed by atoms with van der Waals surface area (Å²) in [7, 11) is 0. The third-order valence-corrected chi connectivity index (χ3v) is 3.08. The van der Waals surface area contributed by atoms with Crippen LogP contribution >= 0.6 is 0 Å². The molecule has 0 radical (unpaired) electrons. The van der Waals surface area contributed by atoms with Crippen molar-refractivity contribution < 1.29 is 10.2 Å². The lowest BCUT2D eigenvalue weighted by Gasteiger charge is -2.05. The average molecular weight is 255 g/mol. The molecule has 0 aliphatic heterocycles. The number of phenolic OH excluding ortho intramolecular Hbond substituents is 1. The molecule has 0 atom stereocenters. The highest BCUT2D eigenvalue weighted by molar-refractivity contribution is 5.63. The zero-order valence-electron chi connectivity index (χ0n) is 10.6. The van der Waals surface area contributed by atoms with E-state index in [2.05, 4.69) is 9.97 Å². The number of hydrogen-bond acceptors (Lipinski definition) is 4. The fourth-order valence-electron chi connectivity index (χ4n) is 2.07. The quantitative estimate of drug-likeness (QED) is 0.700. The summed E-state index contributed by atoms with van der Waals surface area (Å²) in [6.07, 6.45) is 1.74. The number of hydrogen-bond donors (Lipinski definition) is 2. The summed E-state index contributed by atoms with van der Waals surface area (Å²) in [5.74, 6) is 0.336. The predicted octanol–water partition coefficient (Wildman–Crippen LogP) is 2.42. The molecular weight excluding hydrogens is 242 g/mol. The number of rotatable bonds is 1. The molecular formula is C14H13N3O2. The summed E-state index contributed by atoms with van der Waals surface area (Å²) < 4.78 is 1.62. The Bertz CT molecular complexity index is 760. The van der Waals surface area contributed by atoms with Crippen molar-refractivity contribution in [2.45, 2.75) is 13.8 Å². The molecule has 0 amide bonds. The smallest absolute Gasteiger partial charge is 0.219 e. The molecule has 0 unspecified atom stereocenters. The van der Waals surface area contributed by atoms with E-state index in [1.165, 1.54) is 0 Å². The first-order chi connectivity index (χ1) is 9.06. The van der Waals surface area contributed by atoms with Crippen molar-refractivity contribution in [3.8, 4) is 22.9 Å². The van der Waals surface area contributed by atoms with E-state index in [1.54, 1.807) is 41.8 Å². The molecule has 3 rings (SSSR count). The number of nitrogens with zero attached hydrogens (tertiary/aromatic N) is 3. The Hall–Kier alpha value is -2.56. The third-order valence-electron chi connectivity index (χ3n) is 3.08. The Morgan fingerprint density at radius 2 is 1.63 bits per heavy atom. The molecule has 0 aliphatic carbocycles. The lowest BCUT2D eigenvalue weighted by molar-refractivity contribution is 0.444. The maximum atomic E-state index is 9.97. The van der Waals surface area contributed by atoms with Crippen LogP contribution in [0, 0.1) is 13.8 Å². The van der Waals surface area contributed by atoms with Crippen LogP contribution in [0.3, 0.4) is 0 Å². The number of benzene rings is 1. The van der Waals surface area contributed by atoms with Crippen molar-refractivity contribution in [1.82, 2.24) is 14.4 Å². The highest BCUT2D eigenvalue weighted by Crippen LogP contribution is 2.25. The zero-order chi connectivity index (χ0) is 13.6. The maximum Gasteiger partial charge on any atom is 0.219 e. The molecule has 2 N–H and O–H groups in total. The number of imidazole rings is 1. The van der Waals surface area contributed by atoms with Gasteiger partial charge in [-0.2, -0.15) is 0 Å². The van der Waals surface area contributed by atoms with E-state index in [9.17, 15) is 10.2 Å². The molecule has 0 fully saturated rings. The lowest BCUT2D eigenvalue weighted by Crippen LogP contribution is -1.95. The Balaban J connectivity index is 2.25. The maximum absolute atomic E-state index is 9.97. The summed E-state index contributed by atoms with van der Waals surface area (Å²) in [5, 5.41) is 19.3. The molecule has 19 heavy (non-hydrogen) atoms. The van der Waals surface area contributed by atoms with E-state index in [0.717, 1.165) is 17.0 Å². The van der Waals surface area contributed by atoms with E-state index in [1.807, 2.05) is 6.92 Å². The molecule has 0 saturated heterocycles. The molecule has 96 valence electrons. The fraction of sp³-hybridized carbons (Fsp3) is 0.143. The second-order valence-corrected chi connectivity index (χ2v) is 4.47. The summed E-state index contributed by atoms with van der Waals surface area (Å²) in [6, 6.07) is 6.78. The van der Waals surface area contributed by atoms with Gasteiger partial charge in [0.2, 0.25) is 5.88 Å². The molecule has 2 heterocycles. The van der Waals surface area contributed by atoms with Crippen molar-refractivity contribution in [2.75, 3.05) is 0 Å². The molecule has 5 nitrogen and oxygen atoms in total. The molecule has 3 aromatic rings. The van der Waals surface area contributed by atoms with Crippen LogP contribution in [0.2, 0.25) is 0 Å². The highest BCUT2D eigenvalue weighted by Gasteiger charge is 2.12. The Kier molecular flexibility index (Phi) is 2.41. The number of aryl methyl sites for hydroxylation is 2. The van der Waals surface area contributed by atoms with Crippen LogP contribution < -0.4 is 0 Å². The van der Waals surface area contributed by atoms with Crippen LogP contribution in [0.15, 0.2) is 30.5 Å². The molecule has 0 spiro atoms. The predicted molar refractivity (Wildman–Crippen MR) is 71.2 cm³/mol. The van der Waals surface area contributed by atoms with Crippen LogP contribution in [0.5, 0.6) is 11.6 Å². The fourth-order valence-corrected chi connectivity index (χ4v) is 2.07. The largest absolute Gasteiger partial charge is 0.508 e. The van der Waals surface area contributed by atoms with Crippen LogP contribution in [0.1, 0.15) is 11.4 Å². The Morgan fingerprint density at radius 1 is 0.947 bits per heavy atom. The van der Waals surface area contributed by atoms with Gasteiger partial charge in [-0.1, -0.05) is 0 Å². The molecule has 0 aliphatic rings. The molecule has 1 aromatic carbocycles. The monoisotopic (exact) mass is 255 g/mol. The van der Waals surface area contributed by atoms with Crippen molar-refractivity contribution in [1.29, 1.82) is 0 Å². The standard InChI is InChI=1S/C14H13N3O2/c1-8-13-16-9(2)14(19)17(13)7-12(15-8)10-3-5-11(18)6-4-10/h3-7,18-19H,1-2H3. The van der Waals surface area contributed by atoms with Gasteiger partial charge in [0.15, 0.2) is 5.65 Å². The minimum absolute atomic E-state index is 0.125. The van der Waals surface area contributed by atoms with Crippen LogP contribution in [0.25, 0.3) is 16.9 Å². The third kappa shape index (κ3) is 1.79. The molecule has 5 heteroatoms. The minimum Gasteiger partial charge on any atom is -0.508 e. The lowest BCUT2D eigenvalue weighted by atomic mass is 10.1. The van der Waals surface area contributed by atoms with Gasteiger partial charge in [-0.25, -0.2) is 9.97 Å². The normalized spacial score (nSPS) is 11.1. The van der Waals surface area contributed by atoms with Gasteiger partial charge in [-0.15, -0.1) is 0 Å². The van der Waals surface area contributed by atoms with E-state index in [4.69, 9.17) is 0 Å². The van der Waals surface area contributed by atoms with Gasteiger partial charge >= 0.3 is 0 Å². The molecule has 0 saturated carbocycles. The van der Waals surface area contributed by atoms with Gasteiger partial charge in [0.1, 0.15) is 11.4 Å². The van der Waals surface area contributed by atoms with Crippen molar-refractivity contribution >= 4 is 5.65 Å². The molecule has 0 bridgehead atoms. The van der Waals surface area contributed by atoms with E-state index >= 15 is 0 Å². The number of aromatic nitrogens is 3. The second kappa shape index (κ2) is 3.98. The van der Waals surface area contributed by atoms with Crippen LogP contribution in [-0.2, 0) is 0 Å². The van der Waals surface area contributed by atoms with E-state index in [-0.39, 0.29) is 11.6 Å². The first-order valence-electron chi connectivity index (χ1n) is 5.91. The summed E-state index contributed by atoms with van der Waals surface area (Å²) in [5.41, 5.74) is 3.56. The zero-order valence-corrected chi connectivity index (χ0v) is 10.6. The first kappa shape index (κ1) is 11.5. The SMILES string of the molecule is Cc1nc2c(C)nc(-c3ccc(O)cc3)cn2c1O. The van der Waals surface area contributed by atoms with Crippen molar-refractivity contribution in [3.63, 3.8) is 0 Å². The Labute approximate surface area is 109 Å². The van der Waals surface area contributed by atoms with Crippen molar-refractivity contribution in [2.24, 2.45) is 0 Å². The van der Waals surface area contributed by atoms with Gasteiger partial charge in [-0.05, 0) is 38.1 Å². The minimum atomic E-state index is 0.125. The van der Waals surface area contributed by atoms with E-state index < -0.39 is 0 Å². The van der Waals surface area contributed by atoms with Gasteiger partial charge in [0, 0.05) is 11.8 Å². The molecule has 2 aromatic heterocycles. The van der Waals surface area contributed by atoms with Gasteiger partial charge in [0.05, 0.1) is 11.4 Å². The van der Waals surface area contributed by atoms with Crippen LogP contribution in [-0.4, -0.2) is 24.6 Å². The van der Waals surface area contributed by atoms with E-state index in [0.29, 0.717) is 11.3 Å². The summed E-state index contributed by atoms with van der Waals surface area (Å²) in [4.78, 5) is 8.75. The van der Waals surface area contributed by atoms with Gasteiger partial charge in [-0.3, -0.25) is 4.40 Å². The number of aromatic hydroxyl groups is 2. The van der Waals surface area contributed by atoms with Gasteiger partial charge in [0.25, 0.3) is 0 Å². The van der Waals surface area contributed by atoms with Crippen molar-refractivity contribution in [3.05, 3.63) is 41.9 Å². The second-order valence-electron chi connectivity index (χ2n) is 4.47. The number of phenols is 1. The topological polar surface area (TPSA) is 70.7 Å². The average Bonchev–Trinajstić information content (AvgIpc) is 2.68. The number of fused-ring (bicyclic) bond motifs is 1. The summed E-state index contributed by atoms with van der Waals surface area (Å²) >= 11 is 0.